The number of rotatable bonds is 7. The number of carbonyl (C=O) groups excluding carboxylic acids is 2. The number of methoxy groups -OCH3 is 1. The van der Waals surface area contributed by atoms with Crippen molar-refractivity contribution in [3.05, 3.63) is 72.5 Å². The summed E-state index contributed by atoms with van der Waals surface area (Å²) in [5.74, 6) is -0.0956. The second-order valence-electron chi connectivity index (χ2n) is 4.53. The Balaban J connectivity index is 1.96. The van der Waals surface area contributed by atoms with Crippen LogP contribution in [0.25, 0.3) is 0 Å². The molecular weight excluding hydrogens is 312 g/mol. The lowest BCUT2D eigenvalue weighted by atomic mass is 10.2. The molecule has 124 valence electrons. The van der Waals surface area contributed by atoms with Gasteiger partial charge in [0.25, 0.3) is 0 Å². The molecule has 0 saturated carbocycles. The van der Waals surface area contributed by atoms with E-state index in [1.165, 1.54) is 37.6 Å². The van der Waals surface area contributed by atoms with E-state index >= 15 is 0 Å². The van der Waals surface area contributed by atoms with Gasteiger partial charge in [0.2, 0.25) is 6.79 Å². The molecule has 2 rings (SSSR count). The summed E-state index contributed by atoms with van der Waals surface area (Å²) in [7, 11) is 1.30. The van der Waals surface area contributed by atoms with Crippen molar-refractivity contribution in [2.45, 2.75) is 0 Å². The number of ether oxygens (including phenoxy) is 4. The third kappa shape index (κ3) is 4.61. The first kappa shape index (κ1) is 17.1. The predicted octanol–water partition coefficient (Wildman–Crippen LogP) is 3.19. The summed E-state index contributed by atoms with van der Waals surface area (Å²) in [6.07, 6.45) is 1.28. The Morgan fingerprint density at radius 1 is 0.917 bits per heavy atom. The second-order valence-corrected chi connectivity index (χ2v) is 4.53. The highest BCUT2D eigenvalue weighted by atomic mass is 16.7. The second kappa shape index (κ2) is 8.38. The summed E-state index contributed by atoms with van der Waals surface area (Å²) in [5, 5.41) is 0. The monoisotopic (exact) mass is 328 g/mol. The molecule has 0 amide bonds. The van der Waals surface area contributed by atoms with Crippen LogP contribution < -0.4 is 9.47 Å². The van der Waals surface area contributed by atoms with E-state index < -0.39 is 11.9 Å². The summed E-state index contributed by atoms with van der Waals surface area (Å²) >= 11 is 0. The first-order valence-corrected chi connectivity index (χ1v) is 7.00. The molecule has 24 heavy (non-hydrogen) atoms. The molecule has 6 heteroatoms. The molecule has 0 aliphatic carbocycles. The molecule has 0 N–H and O–H groups in total. The fourth-order valence-corrected chi connectivity index (χ4v) is 1.78. The van der Waals surface area contributed by atoms with Crippen molar-refractivity contribution in [1.29, 1.82) is 0 Å². The minimum atomic E-state index is -0.519. The largest absolute Gasteiger partial charge is 0.466 e. The zero-order valence-corrected chi connectivity index (χ0v) is 13.1. The van der Waals surface area contributed by atoms with E-state index in [0.29, 0.717) is 22.6 Å². The van der Waals surface area contributed by atoms with Gasteiger partial charge in [-0.3, -0.25) is 0 Å². The van der Waals surface area contributed by atoms with Gasteiger partial charge in [-0.05, 0) is 48.5 Å². The zero-order valence-electron chi connectivity index (χ0n) is 13.1. The number of benzene rings is 2. The van der Waals surface area contributed by atoms with Crippen LogP contribution in [0.4, 0.5) is 0 Å². The van der Waals surface area contributed by atoms with E-state index in [1.54, 1.807) is 24.3 Å². The van der Waals surface area contributed by atoms with E-state index in [-0.39, 0.29) is 6.79 Å². The maximum atomic E-state index is 12.1. The van der Waals surface area contributed by atoms with Crippen molar-refractivity contribution >= 4 is 11.9 Å². The van der Waals surface area contributed by atoms with E-state index in [4.69, 9.17) is 14.2 Å². The lowest BCUT2D eigenvalue weighted by molar-refractivity contribution is 0.0600. The minimum absolute atomic E-state index is 0.0415. The number of hydrogen-bond donors (Lipinski definition) is 0. The van der Waals surface area contributed by atoms with Crippen LogP contribution in [-0.4, -0.2) is 25.8 Å². The van der Waals surface area contributed by atoms with Gasteiger partial charge in [0.1, 0.15) is 11.5 Å². The van der Waals surface area contributed by atoms with E-state index in [1.807, 2.05) is 0 Å². The fraction of sp³-hybridized carbons (Fsp3) is 0.111. The van der Waals surface area contributed by atoms with Gasteiger partial charge in [0.15, 0.2) is 0 Å². The molecule has 0 spiro atoms. The molecule has 0 aliphatic heterocycles. The summed E-state index contributed by atoms with van der Waals surface area (Å²) in [6, 6.07) is 12.5. The van der Waals surface area contributed by atoms with Crippen LogP contribution >= 0.6 is 0 Å². The van der Waals surface area contributed by atoms with Crippen LogP contribution in [0.1, 0.15) is 20.7 Å². The topological polar surface area (TPSA) is 71.1 Å². The van der Waals surface area contributed by atoms with Crippen LogP contribution in [0, 0.1) is 0 Å². The molecule has 0 unspecified atom stereocenters. The Kier molecular flexibility index (Phi) is 5.96. The molecule has 0 fully saturated rings. The predicted molar refractivity (Wildman–Crippen MR) is 86.0 cm³/mol. The van der Waals surface area contributed by atoms with Gasteiger partial charge in [-0.2, -0.15) is 0 Å². The van der Waals surface area contributed by atoms with E-state index in [9.17, 15) is 9.59 Å². The average Bonchev–Trinajstić information content (AvgIpc) is 2.62. The van der Waals surface area contributed by atoms with E-state index in [0.717, 1.165) is 0 Å². The molecule has 6 nitrogen and oxygen atoms in total. The lowest BCUT2D eigenvalue weighted by Crippen LogP contribution is -2.09. The fourth-order valence-electron chi connectivity index (χ4n) is 1.78. The van der Waals surface area contributed by atoms with Crippen molar-refractivity contribution in [2.24, 2.45) is 0 Å². The lowest BCUT2D eigenvalue weighted by Gasteiger charge is -2.07. The van der Waals surface area contributed by atoms with Gasteiger partial charge in [0.05, 0.1) is 24.5 Å². The maximum absolute atomic E-state index is 12.1. The molecule has 0 aromatic heterocycles. The standard InChI is InChI=1S/C18H16O6/c1-3-22-12-23-15-8-4-14(5-9-15)18(20)24-16-10-6-13(7-11-16)17(19)21-2/h3-11H,1,12H2,2H3. The number of hydrogen-bond acceptors (Lipinski definition) is 6. The first-order valence-electron chi connectivity index (χ1n) is 7.00. The quantitative estimate of drug-likeness (QED) is 0.256. The van der Waals surface area contributed by atoms with Crippen molar-refractivity contribution in [3.8, 4) is 11.5 Å². The Morgan fingerprint density at radius 2 is 1.46 bits per heavy atom. The Labute approximate surface area is 139 Å². The minimum Gasteiger partial charge on any atom is -0.466 e. The van der Waals surface area contributed by atoms with Gasteiger partial charge >= 0.3 is 11.9 Å². The highest BCUT2D eigenvalue weighted by Crippen LogP contribution is 2.17. The average molecular weight is 328 g/mol. The molecule has 2 aromatic carbocycles. The summed E-state index contributed by atoms with van der Waals surface area (Å²) < 4.78 is 19.9. The van der Waals surface area contributed by atoms with Gasteiger partial charge in [-0.1, -0.05) is 6.58 Å². The van der Waals surface area contributed by atoms with Gasteiger partial charge in [-0.25, -0.2) is 9.59 Å². The Bertz CT molecular complexity index is 703. The van der Waals surface area contributed by atoms with Gasteiger partial charge < -0.3 is 18.9 Å². The molecule has 2 aromatic rings. The SMILES string of the molecule is C=COCOc1ccc(C(=O)Oc2ccc(C(=O)OC)cc2)cc1. The van der Waals surface area contributed by atoms with E-state index in [2.05, 4.69) is 11.3 Å². The molecule has 0 radical (unpaired) electrons. The molecular formula is C18H16O6. The highest BCUT2D eigenvalue weighted by Gasteiger charge is 2.10. The molecule has 0 saturated heterocycles. The highest BCUT2D eigenvalue weighted by molar-refractivity contribution is 5.92. The molecule has 0 bridgehead atoms. The first-order chi connectivity index (χ1) is 11.6. The van der Waals surface area contributed by atoms with Crippen molar-refractivity contribution in [1.82, 2.24) is 0 Å². The molecule has 0 aliphatic rings. The van der Waals surface area contributed by atoms with Gasteiger partial charge in [-0.15, -0.1) is 0 Å². The summed E-state index contributed by atoms with van der Waals surface area (Å²) in [4.78, 5) is 23.4. The van der Waals surface area contributed by atoms with Crippen molar-refractivity contribution in [2.75, 3.05) is 13.9 Å². The van der Waals surface area contributed by atoms with Crippen LogP contribution in [0.3, 0.4) is 0 Å². The summed E-state index contributed by atoms with van der Waals surface area (Å²) in [5.41, 5.74) is 0.740. The maximum Gasteiger partial charge on any atom is 0.343 e. The van der Waals surface area contributed by atoms with Crippen molar-refractivity contribution in [3.63, 3.8) is 0 Å². The van der Waals surface area contributed by atoms with Crippen LogP contribution in [0.15, 0.2) is 61.4 Å². The number of esters is 2. The third-order valence-electron chi connectivity index (χ3n) is 2.99. The zero-order chi connectivity index (χ0) is 17.4. The number of carbonyl (C=O) groups is 2. The van der Waals surface area contributed by atoms with Crippen LogP contribution in [0.2, 0.25) is 0 Å². The normalized spacial score (nSPS) is 9.71. The molecule has 0 atom stereocenters. The van der Waals surface area contributed by atoms with Crippen molar-refractivity contribution < 1.29 is 28.5 Å². The van der Waals surface area contributed by atoms with Crippen LogP contribution in [-0.2, 0) is 9.47 Å². The smallest absolute Gasteiger partial charge is 0.343 e. The molecule has 0 heterocycles. The van der Waals surface area contributed by atoms with Crippen LogP contribution in [0.5, 0.6) is 11.5 Å². The Hall–Kier alpha value is -3.28. The third-order valence-corrected chi connectivity index (χ3v) is 2.99. The van der Waals surface area contributed by atoms with Gasteiger partial charge in [0, 0.05) is 0 Å². The Morgan fingerprint density at radius 3 is 2.00 bits per heavy atom. The summed E-state index contributed by atoms with van der Waals surface area (Å²) in [6.45, 7) is 3.44.